The van der Waals surface area contributed by atoms with E-state index in [2.05, 4.69) is 9.88 Å². The van der Waals surface area contributed by atoms with Crippen LogP contribution in [0.25, 0.3) is 22.5 Å². The van der Waals surface area contributed by atoms with Gasteiger partial charge in [0.05, 0.1) is 17.0 Å². The average molecular weight is 643 g/mol. The molecule has 3 aliphatic heterocycles. The molecule has 48 heavy (non-hydrogen) atoms. The number of piperazine rings is 1. The Bertz CT molecular complexity index is 1650. The number of nitrogens with zero attached hydrogens (tertiary/aromatic N) is 6. The standard InChI is InChI=1S/C39H42N6O3/c46-37(31-13-18-43(19-14-31)38(47)32-12-7-17-40-28-32)44-20-15-34(16-21-44)42-22-24-45(25-23-42)39(48)33-26-35(29-8-3-1-4-9-29)41-36(27-33)30-10-5-2-6-11-30/h1-12,17,26-28,31,34H,13-16,18-25H2. The minimum atomic E-state index is -0.0212. The van der Waals surface area contributed by atoms with Crippen LogP contribution in [0.4, 0.5) is 0 Å². The molecule has 0 radical (unpaired) electrons. The summed E-state index contributed by atoms with van der Waals surface area (Å²) in [5.74, 6) is 0.248. The molecule has 2 aromatic carbocycles. The van der Waals surface area contributed by atoms with Gasteiger partial charge in [-0.05, 0) is 49.9 Å². The molecule has 246 valence electrons. The molecule has 0 aliphatic carbocycles. The fourth-order valence-corrected chi connectivity index (χ4v) is 7.35. The van der Waals surface area contributed by atoms with Crippen LogP contribution in [-0.4, -0.2) is 106 Å². The third-order valence-corrected chi connectivity index (χ3v) is 10.1. The van der Waals surface area contributed by atoms with Crippen LogP contribution < -0.4 is 0 Å². The molecule has 3 fully saturated rings. The number of aromatic nitrogens is 2. The number of hydrogen-bond donors (Lipinski definition) is 0. The van der Waals surface area contributed by atoms with Crippen molar-refractivity contribution in [3.05, 3.63) is 108 Å². The molecular weight excluding hydrogens is 600 g/mol. The van der Waals surface area contributed by atoms with Crippen LogP contribution in [0.2, 0.25) is 0 Å². The largest absolute Gasteiger partial charge is 0.342 e. The lowest BCUT2D eigenvalue weighted by Crippen LogP contribution is -2.55. The average Bonchev–Trinajstić information content (AvgIpc) is 3.18. The van der Waals surface area contributed by atoms with Gasteiger partial charge in [0, 0.05) is 93.4 Å². The summed E-state index contributed by atoms with van der Waals surface area (Å²) in [6.07, 6.45) is 6.58. The fourth-order valence-electron chi connectivity index (χ4n) is 7.35. The van der Waals surface area contributed by atoms with Gasteiger partial charge >= 0.3 is 0 Å². The summed E-state index contributed by atoms with van der Waals surface area (Å²) in [6.45, 7) is 5.74. The molecule has 0 spiro atoms. The predicted molar refractivity (Wildman–Crippen MR) is 185 cm³/mol. The van der Waals surface area contributed by atoms with E-state index in [1.807, 2.05) is 87.5 Å². The lowest BCUT2D eigenvalue weighted by atomic mass is 9.93. The summed E-state index contributed by atoms with van der Waals surface area (Å²) in [4.78, 5) is 57.4. The highest BCUT2D eigenvalue weighted by Crippen LogP contribution is 2.28. The highest BCUT2D eigenvalue weighted by molar-refractivity contribution is 5.96. The van der Waals surface area contributed by atoms with Crippen molar-refractivity contribution in [2.75, 3.05) is 52.4 Å². The maximum absolute atomic E-state index is 13.9. The Morgan fingerprint density at radius 3 is 1.67 bits per heavy atom. The second-order valence-corrected chi connectivity index (χ2v) is 13.1. The van der Waals surface area contributed by atoms with Crippen LogP contribution in [0.15, 0.2) is 97.3 Å². The van der Waals surface area contributed by atoms with E-state index in [0.717, 1.165) is 61.5 Å². The quantitative estimate of drug-likeness (QED) is 0.291. The monoisotopic (exact) mass is 642 g/mol. The molecule has 9 heteroatoms. The Labute approximate surface area is 282 Å². The summed E-state index contributed by atoms with van der Waals surface area (Å²) in [7, 11) is 0. The highest BCUT2D eigenvalue weighted by atomic mass is 16.2. The minimum absolute atomic E-state index is 0.00810. The Morgan fingerprint density at radius 1 is 0.562 bits per heavy atom. The lowest BCUT2D eigenvalue weighted by molar-refractivity contribution is -0.138. The van der Waals surface area contributed by atoms with Gasteiger partial charge in [-0.3, -0.25) is 24.3 Å². The second kappa shape index (κ2) is 14.5. The summed E-state index contributed by atoms with van der Waals surface area (Å²) in [5, 5.41) is 0. The summed E-state index contributed by atoms with van der Waals surface area (Å²) in [5.41, 5.74) is 4.82. The number of rotatable bonds is 6. The number of piperidine rings is 2. The Morgan fingerprint density at radius 2 is 1.10 bits per heavy atom. The van der Waals surface area contributed by atoms with Crippen molar-refractivity contribution < 1.29 is 14.4 Å². The van der Waals surface area contributed by atoms with Gasteiger partial charge in [0.15, 0.2) is 0 Å². The van der Waals surface area contributed by atoms with Crippen LogP contribution in [-0.2, 0) is 4.79 Å². The topological polar surface area (TPSA) is 90.0 Å². The lowest BCUT2D eigenvalue weighted by Gasteiger charge is -2.43. The Balaban J connectivity index is 0.915. The molecule has 4 aromatic rings. The molecule has 5 heterocycles. The second-order valence-electron chi connectivity index (χ2n) is 13.1. The van der Waals surface area contributed by atoms with E-state index in [9.17, 15) is 14.4 Å². The van der Waals surface area contributed by atoms with Crippen molar-refractivity contribution in [2.24, 2.45) is 5.92 Å². The number of hydrogen-bond acceptors (Lipinski definition) is 6. The smallest absolute Gasteiger partial charge is 0.255 e. The SMILES string of the molecule is O=C(c1cccnc1)N1CCC(C(=O)N2CCC(N3CCN(C(=O)c4cc(-c5ccccc5)nc(-c5ccccc5)c4)CC3)CC2)CC1. The van der Waals surface area contributed by atoms with E-state index in [1.54, 1.807) is 24.5 Å². The Kier molecular flexibility index (Phi) is 9.56. The predicted octanol–water partition coefficient (Wildman–Crippen LogP) is 5.11. The fraction of sp³-hybridized carbons (Fsp3) is 0.359. The summed E-state index contributed by atoms with van der Waals surface area (Å²) < 4.78 is 0. The summed E-state index contributed by atoms with van der Waals surface area (Å²) >= 11 is 0. The molecule has 0 saturated carbocycles. The van der Waals surface area contributed by atoms with Crippen molar-refractivity contribution in [3.63, 3.8) is 0 Å². The normalized spacial score (nSPS) is 18.1. The molecule has 3 saturated heterocycles. The van der Waals surface area contributed by atoms with Gasteiger partial charge in [-0.15, -0.1) is 0 Å². The summed E-state index contributed by atoms with van der Waals surface area (Å²) in [6, 6.07) is 27.9. The number of carbonyl (C=O) groups is 3. The third kappa shape index (κ3) is 7.01. The van der Waals surface area contributed by atoms with Gasteiger partial charge in [-0.25, -0.2) is 4.98 Å². The van der Waals surface area contributed by atoms with E-state index in [0.29, 0.717) is 56.2 Å². The Hall–Kier alpha value is -4.89. The highest BCUT2D eigenvalue weighted by Gasteiger charge is 2.34. The number of benzene rings is 2. The van der Waals surface area contributed by atoms with E-state index < -0.39 is 0 Å². The van der Waals surface area contributed by atoms with Gasteiger partial charge in [-0.1, -0.05) is 60.7 Å². The van der Waals surface area contributed by atoms with Gasteiger partial charge in [0.2, 0.25) is 5.91 Å². The molecule has 0 unspecified atom stereocenters. The van der Waals surface area contributed by atoms with Gasteiger partial charge in [-0.2, -0.15) is 0 Å². The molecule has 2 aromatic heterocycles. The number of amides is 3. The van der Waals surface area contributed by atoms with E-state index >= 15 is 0 Å². The first-order chi connectivity index (χ1) is 23.5. The molecule has 9 nitrogen and oxygen atoms in total. The van der Waals surface area contributed by atoms with Crippen LogP contribution in [0.3, 0.4) is 0 Å². The third-order valence-electron chi connectivity index (χ3n) is 10.1. The van der Waals surface area contributed by atoms with Gasteiger partial charge in [0.1, 0.15) is 0 Å². The van der Waals surface area contributed by atoms with Crippen LogP contribution >= 0.6 is 0 Å². The van der Waals surface area contributed by atoms with Crippen molar-refractivity contribution in [3.8, 4) is 22.5 Å². The van der Waals surface area contributed by atoms with E-state index in [-0.39, 0.29) is 23.6 Å². The van der Waals surface area contributed by atoms with E-state index in [1.165, 1.54) is 0 Å². The molecule has 3 aliphatic rings. The molecular formula is C39H42N6O3. The first-order valence-corrected chi connectivity index (χ1v) is 17.2. The molecule has 7 rings (SSSR count). The minimum Gasteiger partial charge on any atom is -0.342 e. The van der Waals surface area contributed by atoms with E-state index in [4.69, 9.17) is 4.98 Å². The van der Waals surface area contributed by atoms with Crippen LogP contribution in [0.5, 0.6) is 0 Å². The van der Waals surface area contributed by atoms with Crippen LogP contribution in [0, 0.1) is 5.92 Å². The van der Waals surface area contributed by atoms with Crippen molar-refractivity contribution >= 4 is 17.7 Å². The number of likely N-dealkylation sites (tertiary alicyclic amines) is 2. The molecule has 0 bridgehead atoms. The van der Waals surface area contributed by atoms with Crippen molar-refractivity contribution in [1.82, 2.24) is 29.6 Å². The zero-order chi connectivity index (χ0) is 32.9. The van der Waals surface area contributed by atoms with Crippen molar-refractivity contribution in [2.45, 2.75) is 31.7 Å². The number of pyridine rings is 2. The molecule has 0 N–H and O–H groups in total. The zero-order valence-corrected chi connectivity index (χ0v) is 27.3. The number of carbonyl (C=O) groups excluding carboxylic acids is 3. The first-order valence-electron chi connectivity index (χ1n) is 17.2. The maximum atomic E-state index is 13.9. The van der Waals surface area contributed by atoms with Crippen LogP contribution in [0.1, 0.15) is 46.4 Å². The van der Waals surface area contributed by atoms with Gasteiger partial charge in [0.25, 0.3) is 11.8 Å². The first kappa shape index (κ1) is 31.7. The molecule has 0 atom stereocenters. The van der Waals surface area contributed by atoms with Crippen molar-refractivity contribution in [1.29, 1.82) is 0 Å². The van der Waals surface area contributed by atoms with Gasteiger partial charge < -0.3 is 14.7 Å². The molecule has 3 amide bonds. The maximum Gasteiger partial charge on any atom is 0.255 e. The zero-order valence-electron chi connectivity index (χ0n) is 27.3.